The van der Waals surface area contributed by atoms with E-state index < -0.39 is 0 Å². The van der Waals surface area contributed by atoms with Crippen molar-refractivity contribution >= 4 is 0 Å². The second kappa shape index (κ2) is 5.77. The summed E-state index contributed by atoms with van der Waals surface area (Å²) in [6.45, 7) is 5.74. The summed E-state index contributed by atoms with van der Waals surface area (Å²) in [6, 6.07) is 0. The first-order valence-corrected chi connectivity index (χ1v) is 5.30. The molecular weight excluding hydrogens is 194 g/mol. The molecule has 6 nitrogen and oxygen atoms in total. The number of aromatic amines is 1. The van der Waals surface area contributed by atoms with Crippen LogP contribution in [0.25, 0.3) is 0 Å². The van der Waals surface area contributed by atoms with E-state index in [0.717, 1.165) is 19.4 Å². The highest BCUT2D eigenvalue weighted by Crippen LogP contribution is 2.24. The molecule has 0 aromatic carbocycles. The van der Waals surface area contributed by atoms with Gasteiger partial charge in [0.2, 0.25) is 0 Å². The summed E-state index contributed by atoms with van der Waals surface area (Å²) in [6.07, 6.45) is 1.92. The third-order valence-electron chi connectivity index (χ3n) is 3.01. The Labute approximate surface area is 89.5 Å². The Hall–Kier alpha value is -1.01. The largest absolute Gasteiger partial charge is 0.396 e. The minimum atomic E-state index is -0.0241. The smallest absolute Gasteiger partial charge is 0.188 e. The van der Waals surface area contributed by atoms with E-state index in [0.29, 0.717) is 12.4 Å². The van der Waals surface area contributed by atoms with Crippen LogP contribution in [0.4, 0.5) is 0 Å². The van der Waals surface area contributed by atoms with Crippen molar-refractivity contribution < 1.29 is 5.11 Å². The minimum Gasteiger partial charge on any atom is -0.396 e. The van der Waals surface area contributed by atoms with Gasteiger partial charge in [-0.2, -0.15) is 5.21 Å². The average Bonchev–Trinajstić information content (AvgIpc) is 2.78. The van der Waals surface area contributed by atoms with Crippen LogP contribution in [0.15, 0.2) is 0 Å². The molecule has 0 bridgehead atoms. The number of aromatic nitrogens is 4. The molecule has 6 heteroatoms. The van der Waals surface area contributed by atoms with Crippen LogP contribution in [-0.4, -0.2) is 38.9 Å². The maximum Gasteiger partial charge on any atom is 0.188 e. The van der Waals surface area contributed by atoms with Gasteiger partial charge in [0.1, 0.15) is 0 Å². The van der Waals surface area contributed by atoms with Crippen molar-refractivity contribution in [2.45, 2.75) is 33.2 Å². The van der Waals surface area contributed by atoms with Gasteiger partial charge in [0, 0.05) is 18.6 Å². The van der Waals surface area contributed by atoms with Crippen LogP contribution in [0, 0.1) is 5.41 Å². The van der Waals surface area contributed by atoms with Gasteiger partial charge in [-0.25, -0.2) is 0 Å². The first-order valence-electron chi connectivity index (χ1n) is 5.30. The monoisotopic (exact) mass is 213 g/mol. The average molecular weight is 213 g/mol. The molecule has 0 atom stereocenters. The van der Waals surface area contributed by atoms with Crippen molar-refractivity contribution in [3.8, 4) is 0 Å². The van der Waals surface area contributed by atoms with Gasteiger partial charge in [-0.15, -0.1) is 10.2 Å². The van der Waals surface area contributed by atoms with E-state index in [2.05, 4.69) is 39.8 Å². The van der Waals surface area contributed by atoms with Crippen LogP contribution in [0.2, 0.25) is 0 Å². The molecule has 0 fully saturated rings. The zero-order valence-corrected chi connectivity index (χ0v) is 9.32. The quantitative estimate of drug-likeness (QED) is 0.597. The number of hydrogen-bond acceptors (Lipinski definition) is 5. The standard InChI is InChI=1S/C9H19N5O/c1-3-9(4-2,7-15)6-10-5-8-11-13-14-12-8/h10,15H,3-7H2,1-2H3,(H,11,12,13,14). The molecular formula is C9H19N5O. The number of tetrazole rings is 1. The first kappa shape index (κ1) is 12.1. The molecule has 0 spiro atoms. The Morgan fingerprint density at radius 2 is 2.13 bits per heavy atom. The second-order valence-corrected chi connectivity index (χ2v) is 3.80. The van der Waals surface area contributed by atoms with Crippen LogP contribution in [0.1, 0.15) is 32.5 Å². The van der Waals surface area contributed by atoms with Gasteiger partial charge in [0.15, 0.2) is 5.82 Å². The summed E-state index contributed by atoms with van der Waals surface area (Å²) >= 11 is 0. The minimum absolute atomic E-state index is 0.0241. The summed E-state index contributed by atoms with van der Waals surface area (Å²) in [5.74, 6) is 0.647. The molecule has 3 N–H and O–H groups in total. The van der Waals surface area contributed by atoms with Gasteiger partial charge in [-0.05, 0) is 12.8 Å². The molecule has 1 rings (SSSR count). The number of aliphatic hydroxyl groups is 1. The van der Waals surface area contributed by atoms with E-state index in [4.69, 9.17) is 0 Å². The normalized spacial score (nSPS) is 11.9. The van der Waals surface area contributed by atoms with Crippen LogP contribution < -0.4 is 5.32 Å². The summed E-state index contributed by atoms with van der Waals surface area (Å²) in [4.78, 5) is 0. The summed E-state index contributed by atoms with van der Waals surface area (Å²) in [7, 11) is 0. The number of H-pyrrole nitrogens is 1. The highest BCUT2D eigenvalue weighted by molar-refractivity contribution is 4.81. The van der Waals surface area contributed by atoms with E-state index in [9.17, 15) is 5.11 Å². The lowest BCUT2D eigenvalue weighted by Crippen LogP contribution is -2.36. The molecule has 86 valence electrons. The molecule has 0 saturated heterocycles. The number of rotatable bonds is 7. The van der Waals surface area contributed by atoms with E-state index >= 15 is 0 Å². The van der Waals surface area contributed by atoms with Gasteiger partial charge >= 0.3 is 0 Å². The molecule has 0 aliphatic rings. The molecule has 0 saturated carbocycles. The number of nitrogens with one attached hydrogen (secondary N) is 2. The van der Waals surface area contributed by atoms with Gasteiger partial charge in [-0.1, -0.05) is 19.1 Å². The van der Waals surface area contributed by atoms with Crippen molar-refractivity contribution in [1.29, 1.82) is 0 Å². The Bertz CT molecular complexity index is 249. The second-order valence-electron chi connectivity index (χ2n) is 3.80. The fourth-order valence-electron chi connectivity index (χ4n) is 1.48. The third-order valence-corrected chi connectivity index (χ3v) is 3.01. The molecule has 0 aliphatic carbocycles. The first-order chi connectivity index (χ1) is 7.26. The topological polar surface area (TPSA) is 86.7 Å². The van der Waals surface area contributed by atoms with Crippen LogP contribution in [0.3, 0.4) is 0 Å². The highest BCUT2D eigenvalue weighted by Gasteiger charge is 2.24. The lowest BCUT2D eigenvalue weighted by Gasteiger charge is -2.29. The summed E-state index contributed by atoms with van der Waals surface area (Å²) in [5, 5.41) is 26.1. The van der Waals surface area contributed by atoms with Gasteiger partial charge < -0.3 is 10.4 Å². The Morgan fingerprint density at radius 1 is 1.40 bits per heavy atom. The summed E-state index contributed by atoms with van der Waals surface area (Å²) in [5.41, 5.74) is -0.0241. The predicted octanol–water partition coefficient (Wildman–Crippen LogP) is 0.0880. The molecule has 1 heterocycles. The fraction of sp³-hybridized carbons (Fsp3) is 0.889. The molecule has 15 heavy (non-hydrogen) atoms. The van der Waals surface area contributed by atoms with Crippen LogP contribution in [-0.2, 0) is 6.54 Å². The fourth-order valence-corrected chi connectivity index (χ4v) is 1.48. The SMILES string of the molecule is CCC(CC)(CO)CNCc1nn[nH]n1. The van der Waals surface area contributed by atoms with Crippen molar-refractivity contribution in [3.63, 3.8) is 0 Å². The predicted molar refractivity (Wildman–Crippen MR) is 56.0 cm³/mol. The maximum absolute atomic E-state index is 9.34. The van der Waals surface area contributed by atoms with E-state index in [-0.39, 0.29) is 12.0 Å². The molecule has 0 unspecified atom stereocenters. The number of nitrogens with zero attached hydrogens (tertiary/aromatic N) is 3. The molecule has 0 amide bonds. The van der Waals surface area contributed by atoms with Gasteiger partial charge in [-0.3, -0.25) is 0 Å². The Kier molecular flexibility index (Phi) is 4.64. The lowest BCUT2D eigenvalue weighted by atomic mass is 9.83. The van der Waals surface area contributed by atoms with E-state index in [1.54, 1.807) is 0 Å². The Morgan fingerprint density at radius 3 is 2.60 bits per heavy atom. The van der Waals surface area contributed by atoms with E-state index in [1.807, 2.05) is 0 Å². The zero-order chi connectivity index (χ0) is 11.1. The lowest BCUT2D eigenvalue weighted by molar-refractivity contribution is 0.113. The van der Waals surface area contributed by atoms with Gasteiger partial charge in [0.25, 0.3) is 0 Å². The van der Waals surface area contributed by atoms with E-state index in [1.165, 1.54) is 0 Å². The molecule has 1 aromatic rings. The van der Waals surface area contributed by atoms with Crippen LogP contribution >= 0.6 is 0 Å². The van der Waals surface area contributed by atoms with Crippen molar-refractivity contribution in [2.24, 2.45) is 5.41 Å². The molecule has 1 aromatic heterocycles. The number of hydrogen-bond donors (Lipinski definition) is 3. The Balaban J connectivity index is 2.34. The van der Waals surface area contributed by atoms with Crippen molar-refractivity contribution in [1.82, 2.24) is 25.9 Å². The highest BCUT2D eigenvalue weighted by atomic mass is 16.3. The molecule has 0 aliphatic heterocycles. The van der Waals surface area contributed by atoms with Crippen molar-refractivity contribution in [2.75, 3.05) is 13.2 Å². The van der Waals surface area contributed by atoms with Crippen molar-refractivity contribution in [3.05, 3.63) is 5.82 Å². The zero-order valence-electron chi connectivity index (χ0n) is 9.32. The number of aliphatic hydroxyl groups excluding tert-OH is 1. The van der Waals surface area contributed by atoms with Crippen LogP contribution in [0.5, 0.6) is 0 Å². The maximum atomic E-state index is 9.34. The molecule has 0 radical (unpaired) electrons. The third kappa shape index (κ3) is 3.24. The van der Waals surface area contributed by atoms with Gasteiger partial charge in [0.05, 0.1) is 6.54 Å². The summed E-state index contributed by atoms with van der Waals surface area (Å²) < 4.78 is 0.